The van der Waals surface area contributed by atoms with Crippen molar-refractivity contribution in [3.63, 3.8) is 0 Å². The van der Waals surface area contributed by atoms with Gasteiger partial charge in [0.2, 0.25) is 5.95 Å². The Kier molecular flexibility index (Phi) is 4.35. The van der Waals surface area contributed by atoms with Gasteiger partial charge >= 0.3 is 11.8 Å². The Morgan fingerprint density at radius 1 is 1.00 bits per heavy atom. The van der Waals surface area contributed by atoms with Crippen molar-refractivity contribution in [3.05, 3.63) is 18.5 Å². The topological polar surface area (TPSA) is 69.6 Å². The van der Waals surface area contributed by atoms with E-state index in [0.717, 1.165) is 19.3 Å². The van der Waals surface area contributed by atoms with Crippen molar-refractivity contribution in [2.75, 3.05) is 37.6 Å². The average molecular weight is 371 g/mol. The van der Waals surface area contributed by atoms with Crippen LogP contribution in [-0.4, -0.2) is 70.3 Å². The predicted molar refractivity (Wildman–Crippen MR) is 102 cm³/mol. The molecule has 2 bridgehead atoms. The van der Waals surface area contributed by atoms with Crippen molar-refractivity contribution in [3.8, 4) is 0 Å². The van der Waals surface area contributed by atoms with Crippen LogP contribution in [0, 0.1) is 10.8 Å². The highest BCUT2D eigenvalue weighted by Crippen LogP contribution is 2.52. The lowest BCUT2D eigenvalue weighted by molar-refractivity contribution is -0.152. The minimum Gasteiger partial charge on any atom is -0.337 e. The molecule has 0 N–H and O–H groups in total. The second-order valence-corrected chi connectivity index (χ2v) is 9.47. The Balaban J connectivity index is 1.39. The predicted octanol–water partition coefficient (Wildman–Crippen LogP) is 1.55. The fourth-order valence-corrected chi connectivity index (χ4v) is 5.52. The summed E-state index contributed by atoms with van der Waals surface area (Å²) in [7, 11) is 0. The maximum Gasteiger partial charge on any atom is 0.312 e. The molecular formula is C20H29N5O2. The van der Waals surface area contributed by atoms with E-state index in [1.165, 1.54) is 0 Å². The van der Waals surface area contributed by atoms with Gasteiger partial charge in [-0.05, 0) is 36.2 Å². The minimum atomic E-state index is -0.349. The highest BCUT2D eigenvalue weighted by atomic mass is 16.2. The van der Waals surface area contributed by atoms with Crippen LogP contribution in [0.2, 0.25) is 0 Å². The van der Waals surface area contributed by atoms with Crippen LogP contribution in [-0.2, 0) is 9.59 Å². The zero-order chi connectivity index (χ0) is 19.2. The minimum absolute atomic E-state index is 0.145. The van der Waals surface area contributed by atoms with Crippen LogP contribution in [0.5, 0.6) is 0 Å². The monoisotopic (exact) mass is 371 g/mol. The first-order chi connectivity index (χ1) is 12.8. The molecule has 0 radical (unpaired) electrons. The van der Waals surface area contributed by atoms with E-state index in [2.05, 4.69) is 35.6 Å². The van der Waals surface area contributed by atoms with Crippen LogP contribution in [0.3, 0.4) is 0 Å². The number of rotatable bonds is 1. The van der Waals surface area contributed by atoms with Crippen molar-refractivity contribution in [1.29, 1.82) is 0 Å². The van der Waals surface area contributed by atoms with Gasteiger partial charge in [0.15, 0.2) is 0 Å². The van der Waals surface area contributed by atoms with E-state index >= 15 is 0 Å². The normalized spacial score (nSPS) is 29.7. The molecule has 1 aliphatic carbocycles. The first kappa shape index (κ1) is 18.2. The zero-order valence-electron chi connectivity index (χ0n) is 16.5. The first-order valence-corrected chi connectivity index (χ1v) is 9.88. The molecule has 7 nitrogen and oxygen atoms in total. The highest BCUT2D eigenvalue weighted by molar-refractivity contribution is 6.35. The van der Waals surface area contributed by atoms with Gasteiger partial charge in [0.1, 0.15) is 0 Å². The van der Waals surface area contributed by atoms with Crippen LogP contribution < -0.4 is 4.90 Å². The lowest BCUT2D eigenvalue weighted by Gasteiger charge is -2.39. The molecular weight excluding hydrogens is 342 g/mol. The van der Waals surface area contributed by atoms with E-state index in [1.54, 1.807) is 23.4 Å². The number of hydrogen-bond donors (Lipinski definition) is 0. The molecule has 3 heterocycles. The molecule has 3 fully saturated rings. The van der Waals surface area contributed by atoms with Crippen molar-refractivity contribution in [2.45, 2.75) is 46.1 Å². The van der Waals surface area contributed by atoms with Gasteiger partial charge in [0, 0.05) is 51.2 Å². The average Bonchev–Trinajstić information content (AvgIpc) is 2.90. The summed E-state index contributed by atoms with van der Waals surface area (Å²) in [5.74, 6) is 0.0165. The summed E-state index contributed by atoms with van der Waals surface area (Å²) in [5.41, 5.74) is 0.378. The quantitative estimate of drug-likeness (QED) is 0.701. The van der Waals surface area contributed by atoms with Crippen molar-refractivity contribution >= 4 is 17.8 Å². The van der Waals surface area contributed by atoms with Crippen molar-refractivity contribution in [1.82, 2.24) is 19.8 Å². The van der Waals surface area contributed by atoms with E-state index < -0.39 is 0 Å². The second kappa shape index (κ2) is 6.46. The zero-order valence-corrected chi connectivity index (χ0v) is 16.5. The van der Waals surface area contributed by atoms with Gasteiger partial charge in [-0.1, -0.05) is 20.8 Å². The van der Waals surface area contributed by atoms with E-state index in [9.17, 15) is 9.59 Å². The summed E-state index contributed by atoms with van der Waals surface area (Å²) < 4.78 is 0. The van der Waals surface area contributed by atoms with Crippen molar-refractivity contribution < 1.29 is 9.59 Å². The number of nitrogens with zero attached hydrogens (tertiary/aromatic N) is 5. The molecule has 0 aromatic carbocycles. The molecule has 0 spiro atoms. The number of carbonyl (C=O) groups is 2. The Morgan fingerprint density at radius 3 is 2.33 bits per heavy atom. The summed E-state index contributed by atoms with van der Waals surface area (Å²) >= 11 is 0. The Hall–Kier alpha value is -2.18. The molecule has 7 heteroatoms. The molecule has 2 unspecified atom stereocenters. The summed E-state index contributed by atoms with van der Waals surface area (Å²) in [6, 6.07) is 1.99. The maximum atomic E-state index is 13.0. The third-order valence-electron chi connectivity index (χ3n) is 6.26. The van der Waals surface area contributed by atoms with E-state index in [1.807, 2.05) is 4.90 Å². The summed E-state index contributed by atoms with van der Waals surface area (Å²) in [4.78, 5) is 40.0. The third kappa shape index (κ3) is 3.51. The molecule has 2 saturated heterocycles. The Labute approximate surface area is 160 Å². The number of carbonyl (C=O) groups excluding carboxylic acids is 2. The number of amides is 2. The van der Waals surface area contributed by atoms with Crippen LogP contribution in [0.15, 0.2) is 18.5 Å². The van der Waals surface area contributed by atoms with Gasteiger partial charge < -0.3 is 14.7 Å². The first-order valence-electron chi connectivity index (χ1n) is 9.88. The Bertz CT molecular complexity index is 729. The molecule has 1 aromatic rings. The number of hydrogen-bond acceptors (Lipinski definition) is 5. The maximum absolute atomic E-state index is 13.0. The van der Waals surface area contributed by atoms with Gasteiger partial charge in [-0.15, -0.1) is 0 Å². The van der Waals surface area contributed by atoms with Crippen LogP contribution in [0.25, 0.3) is 0 Å². The standard InChI is InChI=1S/C20H29N5O2/c1-19(2)11-15-12-20(3,13-19)14-25(15)17(27)16(26)23-7-9-24(10-8-23)18-21-5-4-6-22-18/h4-6,15H,7-14H2,1-3H3. The lowest BCUT2D eigenvalue weighted by atomic mass is 9.65. The van der Waals surface area contributed by atoms with E-state index in [4.69, 9.17) is 0 Å². The highest BCUT2D eigenvalue weighted by Gasteiger charge is 2.52. The van der Waals surface area contributed by atoms with Crippen LogP contribution >= 0.6 is 0 Å². The molecule has 27 heavy (non-hydrogen) atoms. The fourth-order valence-electron chi connectivity index (χ4n) is 5.52. The molecule has 3 aliphatic rings. The van der Waals surface area contributed by atoms with E-state index in [-0.39, 0.29) is 28.7 Å². The van der Waals surface area contributed by atoms with Gasteiger partial charge in [-0.3, -0.25) is 9.59 Å². The van der Waals surface area contributed by atoms with Crippen LogP contribution in [0.4, 0.5) is 5.95 Å². The number of aromatic nitrogens is 2. The molecule has 2 amide bonds. The van der Waals surface area contributed by atoms with Crippen LogP contribution in [0.1, 0.15) is 40.0 Å². The number of likely N-dealkylation sites (tertiary alicyclic amines) is 1. The molecule has 146 valence electrons. The number of fused-ring (bicyclic) bond motifs is 2. The van der Waals surface area contributed by atoms with Gasteiger partial charge in [-0.25, -0.2) is 9.97 Å². The van der Waals surface area contributed by atoms with Gasteiger partial charge in [0.25, 0.3) is 0 Å². The SMILES string of the molecule is CC1(C)CC2CC(C)(CN2C(=O)C(=O)N2CCN(c3ncccn3)CC2)C1. The van der Waals surface area contributed by atoms with Crippen molar-refractivity contribution in [2.24, 2.45) is 10.8 Å². The van der Waals surface area contributed by atoms with Gasteiger partial charge in [0.05, 0.1) is 0 Å². The lowest BCUT2D eigenvalue weighted by Crippen LogP contribution is -2.54. The van der Waals surface area contributed by atoms with Gasteiger partial charge in [-0.2, -0.15) is 0 Å². The fraction of sp³-hybridized carbons (Fsp3) is 0.700. The summed E-state index contributed by atoms with van der Waals surface area (Å²) in [6.07, 6.45) is 6.56. The number of anilines is 1. The smallest absolute Gasteiger partial charge is 0.312 e. The van der Waals surface area contributed by atoms with E-state index in [0.29, 0.717) is 38.7 Å². The summed E-state index contributed by atoms with van der Waals surface area (Å²) in [5, 5.41) is 0. The number of piperazine rings is 1. The summed E-state index contributed by atoms with van der Waals surface area (Å²) in [6.45, 7) is 9.89. The molecule has 2 atom stereocenters. The molecule has 2 aliphatic heterocycles. The third-order valence-corrected chi connectivity index (χ3v) is 6.26. The second-order valence-electron chi connectivity index (χ2n) is 9.47. The largest absolute Gasteiger partial charge is 0.337 e. The molecule has 1 saturated carbocycles. The molecule has 1 aromatic heterocycles. The Morgan fingerprint density at radius 2 is 1.67 bits per heavy atom. The molecule has 4 rings (SSSR count).